The first-order valence-electron chi connectivity index (χ1n) is 8.17. The molecule has 0 bridgehead atoms. The second-order valence-electron chi connectivity index (χ2n) is 7.14. The predicted octanol–water partition coefficient (Wildman–Crippen LogP) is 5.45. The Morgan fingerprint density at radius 2 is 1.90 bits per heavy atom. The molecule has 2 unspecified atom stereocenters. The van der Waals surface area contributed by atoms with Gasteiger partial charge in [-0.3, -0.25) is 0 Å². The first-order chi connectivity index (χ1) is 9.86. The van der Waals surface area contributed by atoms with Gasteiger partial charge < -0.3 is 5.11 Å². The van der Waals surface area contributed by atoms with Crippen molar-refractivity contribution in [3.05, 3.63) is 47.6 Å². The number of rotatable bonds is 5. The maximum Gasteiger partial charge on any atom is 0.0617 e. The molecule has 1 aliphatic rings. The summed E-state index contributed by atoms with van der Waals surface area (Å²) in [4.78, 5) is 0. The topological polar surface area (TPSA) is 20.2 Å². The van der Waals surface area contributed by atoms with Gasteiger partial charge in [0, 0.05) is 0 Å². The van der Waals surface area contributed by atoms with Gasteiger partial charge in [0.15, 0.2) is 0 Å². The Morgan fingerprint density at radius 3 is 2.52 bits per heavy atom. The molecule has 2 atom stereocenters. The Labute approximate surface area is 131 Å². The Morgan fingerprint density at radius 1 is 1.19 bits per heavy atom. The Kier molecular flexibility index (Phi) is 7.17. The lowest BCUT2D eigenvalue weighted by Gasteiger charge is -2.41. The van der Waals surface area contributed by atoms with E-state index in [0.717, 1.165) is 11.5 Å². The van der Waals surface area contributed by atoms with Gasteiger partial charge in [0.1, 0.15) is 0 Å². The van der Waals surface area contributed by atoms with E-state index < -0.39 is 0 Å². The molecule has 1 fully saturated rings. The monoisotopic (exact) mass is 288 g/mol. The summed E-state index contributed by atoms with van der Waals surface area (Å²) < 4.78 is 0. The van der Waals surface area contributed by atoms with E-state index in [2.05, 4.69) is 52.0 Å². The minimum atomic E-state index is 0.105. The molecule has 21 heavy (non-hydrogen) atoms. The van der Waals surface area contributed by atoms with Crippen LogP contribution in [0.25, 0.3) is 0 Å². The summed E-state index contributed by atoms with van der Waals surface area (Å²) in [5.74, 6) is 1.46. The molecule has 1 saturated carbocycles. The first-order valence-corrected chi connectivity index (χ1v) is 8.17. The van der Waals surface area contributed by atoms with Crippen LogP contribution in [-0.2, 0) is 0 Å². The number of aliphatic hydroxyl groups is 1. The molecule has 1 aliphatic carbocycles. The van der Waals surface area contributed by atoms with Crippen LogP contribution < -0.4 is 0 Å². The summed E-state index contributed by atoms with van der Waals surface area (Å²) in [5.41, 5.74) is 2.79. The van der Waals surface area contributed by atoms with Crippen LogP contribution in [0.15, 0.2) is 47.6 Å². The molecule has 0 saturated heterocycles. The van der Waals surface area contributed by atoms with E-state index in [4.69, 9.17) is 5.11 Å². The summed E-state index contributed by atoms with van der Waals surface area (Å²) in [6.45, 7) is 11.4. The van der Waals surface area contributed by atoms with E-state index in [1.807, 2.05) is 19.1 Å². The zero-order valence-electron chi connectivity index (χ0n) is 14.4. The molecule has 118 valence electrons. The molecular formula is C20H32O. The van der Waals surface area contributed by atoms with E-state index in [-0.39, 0.29) is 6.61 Å². The fraction of sp³-hybridized carbons (Fsp3) is 0.600. The molecular weight excluding hydrogens is 256 g/mol. The zero-order valence-corrected chi connectivity index (χ0v) is 14.4. The van der Waals surface area contributed by atoms with Crippen molar-refractivity contribution in [1.29, 1.82) is 0 Å². The van der Waals surface area contributed by atoms with E-state index in [1.165, 1.54) is 24.8 Å². The van der Waals surface area contributed by atoms with Gasteiger partial charge in [0.25, 0.3) is 0 Å². The van der Waals surface area contributed by atoms with Gasteiger partial charge in [0.2, 0.25) is 0 Å². The van der Waals surface area contributed by atoms with E-state index in [9.17, 15) is 0 Å². The van der Waals surface area contributed by atoms with Crippen molar-refractivity contribution in [2.75, 3.05) is 6.61 Å². The quantitative estimate of drug-likeness (QED) is 0.667. The summed E-state index contributed by atoms with van der Waals surface area (Å²) in [5, 5.41) is 8.81. The van der Waals surface area contributed by atoms with Gasteiger partial charge >= 0.3 is 0 Å². The molecule has 0 amide bonds. The molecule has 1 N–H and O–H groups in total. The smallest absolute Gasteiger partial charge is 0.0617 e. The van der Waals surface area contributed by atoms with E-state index in [0.29, 0.717) is 11.3 Å². The molecule has 0 heterocycles. The molecule has 0 aromatic heterocycles. The number of allylic oxidation sites excluding steroid dienone is 7. The average molecular weight is 288 g/mol. The highest BCUT2D eigenvalue weighted by Crippen LogP contribution is 2.44. The molecule has 0 aromatic carbocycles. The van der Waals surface area contributed by atoms with Crippen molar-refractivity contribution < 1.29 is 5.11 Å². The second kappa shape index (κ2) is 8.38. The lowest BCUT2D eigenvalue weighted by atomic mass is 9.64. The fourth-order valence-corrected chi connectivity index (χ4v) is 3.32. The van der Waals surface area contributed by atoms with Gasteiger partial charge in [-0.2, -0.15) is 0 Å². The minimum Gasteiger partial charge on any atom is -0.392 e. The highest BCUT2D eigenvalue weighted by atomic mass is 16.2. The minimum absolute atomic E-state index is 0.105. The third-order valence-electron chi connectivity index (χ3n) is 4.69. The van der Waals surface area contributed by atoms with Crippen LogP contribution in [0.1, 0.15) is 53.9 Å². The Hall–Kier alpha value is -1.08. The van der Waals surface area contributed by atoms with Crippen LogP contribution in [-0.4, -0.2) is 11.7 Å². The third-order valence-corrected chi connectivity index (χ3v) is 4.69. The highest BCUT2D eigenvalue weighted by molar-refractivity contribution is 5.27. The van der Waals surface area contributed by atoms with Crippen LogP contribution in [0.3, 0.4) is 0 Å². The van der Waals surface area contributed by atoms with Gasteiger partial charge in [-0.05, 0) is 37.5 Å². The van der Waals surface area contributed by atoms with Crippen molar-refractivity contribution in [3.8, 4) is 0 Å². The maximum absolute atomic E-state index is 8.81. The van der Waals surface area contributed by atoms with E-state index in [1.54, 1.807) is 0 Å². The molecule has 0 radical (unpaired) electrons. The fourth-order valence-electron chi connectivity index (χ4n) is 3.32. The van der Waals surface area contributed by atoms with Crippen LogP contribution in [0, 0.1) is 17.3 Å². The summed E-state index contributed by atoms with van der Waals surface area (Å²) in [7, 11) is 0. The van der Waals surface area contributed by atoms with Gasteiger partial charge in [-0.25, -0.2) is 0 Å². The molecule has 1 nitrogen and oxygen atoms in total. The molecule has 0 aromatic rings. The summed E-state index contributed by atoms with van der Waals surface area (Å²) in [6, 6.07) is 0. The summed E-state index contributed by atoms with van der Waals surface area (Å²) >= 11 is 0. The maximum atomic E-state index is 8.81. The van der Waals surface area contributed by atoms with Crippen molar-refractivity contribution >= 4 is 0 Å². The normalized spacial score (nSPS) is 27.7. The number of aliphatic hydroxyl groups excluding tert-OH is 1. The van der Waals surface area contributed by atoms with Gasteiger partial charge in [-0.15, -0.1) is 0 Å². The SMILES string of the molecule is CC(=C/CO)/C=C/C=C(C)\C=C\C1C(C)CCCC1(C)C. The van der Waals surface area contributed by atoms with Crippen molar-refractivity contribution in [3.63, 3.8) is 0 Å². The average Bonchev–Trinajstić information content (AvgIpc) is 2.37. The predicted molar refractivity (Wildman–Crippen MR) is 93.2 cm³/mol. The van der Waals surface area contributed by atoms with Crippen molar-refractivity contribution in [1.82, 2.24) is 0 Å². The first kappa shape index (κ1) is 18.0. The van der Waals surface area contributed by atoms with Crippen LogP contribution in [0.2, 0.25) is 0 Å². The van der Waals surface area contributed by atoms with Gasteiger partial charge in [-0.1, -0.05) is 81.2 Å². The standard InChI is InChI=1S/C20H32O/c1-16(8-6-9-17(2)13-15-21)11-12-19-18(3)10-7-14-20(19,4)5/h6,8-9,11-13,18-19,21H,7,10,14-15H2,1-5H3/b9-6+,12-11+,16-8-,17-13-. The van der Waals surface area contributed by atoms with Gasteiger partial charge in [0.05, 0.1) is 6.61 Å². The van der Waals surface area contributed by atoms with Crippen LogP contribution in [0.5, 0.6) is 0 Å². The zero-order chi connectivity index (χ0) is 15.9. The molecule has 0 spiro atoms. The molecule has 0 aliphatic heterocycles. The number of hydrogen-bond acceptors (Lipinski definition) is 1. The third kappa shape index (κ3) is 6.05. The lowest BCUT2D eigenvalue weighted by molar-refractivity contribution is 0.123. The Bertz CT molecular complexity index is 435. The van der Waals surface area contributed by atoms with Crippen LogP contribution in [0.4, 0.5) is 0 Å². The van der Waals surface area contributed by atoms with Crippen molar-refractivity contribution in [2.45, 2.75) is 53.9 Å². The largest absolute Gasteiger partial charge is 0.392 e. The lowest BCUT2D eigenvalue weighted by Crippen LogP contribution is -2.32. The van der Waals surface area contributed by atoms with E-state index >= 15 is 0 Å². The molecule has 1 heteroatoms. The highest BCUT2D eigenvalue weighted by Gasteiger charge is 2.34. The Balaban J connectivity index is 2.68. The molecule has 1 rings (SSSR count). The summed E-state index contributed by atoms with van der Waals surface area (Å²) in [6.07, 6.45) is 16.8. The van der Waals surface area contributed by atoms with Crippen LogP contribution >= 0.6 is 0 Å². The number of hydrogen-bond donors (Lipinski definition) is 1. The second-order valence-corrected chi connectivity index (χ2v) is 7.14. The van der Waals surface area contributed by atoms with Crippen molar-refractivity contribution in [2.24, 2.45) is 17.3 Å².